The number of carbonyl (C=O) groups is 2. The van der Waals surface area contributed by atoms with Gasteiger partial charge in [0.1, 0.15) is 6.17 Å². The maximum Gasteiger partial charge on any atom is 0.275 e. The van der Waals surface area contributed by atoms with Crippen LogP contribution in [-0.4, -0.2) is 69.5 Å². The first-order valence-electron chi connectivity index (χ1n) is 7.56. The van der Waals surface area contributed by atoms with Crippen molar-refractivity contribution in [3.05, 3.63) is 34.3 Å². The number of alkyl halides is 1. The highest BCUT2D eigenvalue weighted by Gasteiger charge is 2.36. The number of hydrogen-bond donors (Lipinski definition) is 0. The summed E-state index contributed by atoms with van der Waals surface area (Å²) in [5.41, 5.74) is 0.228. The standard InChI is InChI=1S/C15H18FN5O2S/c1-19(2)14(22)12-9-20(18-17-12)8-11-6-10(16)7-21(11)15(23)13-4-3-5-24-13/h3-5,9-11H,6-8H2,1-2H3/t10-,11-/m0/s1. The van der Waals surface area contributed by atoms with Crippen LogP contribution in [0.15, 0.2) is 23.7 Å². The van der Waals surface area contributed by atoms with E-state index in [2.05, 4.69) is 10.3 Å². The van der Waals surface area contributed by atoms with Crippen molar-refractivity contribution in [3.63, 3.8) is 0 Å². The van der Waals surface area contributed by atoms with Gasteiger partial charge in [0.15, 0.2) is 5.69 Å². The van der Waals surface area contributed by atoms with E-state index in [-0.39, 0.29) is 36.5 Å². The number of aromatic nitrogens is 3. The van der Waals surface area contributed by atoms with Crippen molar-refractivity contribution in [2.45, 2.75) is 25.2 Å². The van der Waals surface area contributed by atoms with Gasteiger partial charge in [0.05, 0.1) is 30.2 Å². The van der Waals surface area contributed by atoms with Gasteiger partial charge < -0.3 is 9.80 Å². The first-order valence-corrected chi connectivity index (χ1v) is 8.44. The third-order valence-electron chi connectivity index (χ3n) is 3.92. The summed E-state index contributed by atoms with van der Waals surface area (Å²) >= 11 is 1.34. The minimum absolute atomic E-state index is 0.0829. The molecule has 3 heterocycles. The van der Waals surface area contributed by atoms with Gasteiger partial charge in [-0.3, -0.25) is 9.59 Å². The number of amides is 2. The van der Waals surface area contributed by atoms with Crippen LogP contribution >= 0.6 is 11.3 Å². The second kappa shape index (κ2) is 6.68. The third kappa shape index (κ3) is 3.30. The Balaban J connectivity index is 1.73. The summed E-state index contributed by atoms with van der Waals surface area (Å²) in [7, 11) is 3.26. The molecule has 0 radical (unpaired) electrons. The smallest absolute Gasteiger partial charge is 0.275 e. The molecule has 1 aliphatic rings. The molecule has 0 aliphatic carbocycles. The SMILES string of the molecule is CN(C)C(=O)c1cn(C[C@@H]2C[C@H](F)CN2C(=O)c2cccs2)nn1. The Labute approximate surface area is 142 Å². The van der Waals surface area contributed by atoms with Crippen LogP contribution in [0.5, 0.6) is 0 Å². The number of thiophene rings is 1. The molecule has 0 saturated carbocycles. The van der Waals surface area contributed by atoms with Crippen LogP contribution in [0.3, 0.4) is 0 Å². The lowest BCUT2D eigenvalue weighted by Crippen LogP contribution is -2.38. The Bertz CT molecular complexity index is 730. The quantitative estimate of drug-likeness (QED) is 0.832. The second-order valence-corrected chi connectivity index (χ2v) is 6.89. The van der Waals surface area contributed by atoms with E-state index in [9.17, 15) is 14.0 Å². The highest BCUT2D eigenvalue weighted by atomic mass is 32.1. The zero-order chi connectivity index (χ0) is 17.3. The predicted octanol–water partition coefficient (Wildman–Crippen LogP) is 1.29. The first kappa shape index (κ1) is 16.6. The maximum absolute atomic E-state index is 13.9. The largest absolute Gasteiger partial charge is 0.343 e. The zero-order valence-corrected chi connectivity index (χ0v) is 14.2. The minimum atomic E-state index is -1.05. The normalized spacial score (nSPS) is 20.4. The van der Waals surface area contributed by atoms with Gasteiger partial charge in [-0.25, -0.2) is 9.07 Å². The molecule has 128 valence electrons. The zero-order valence-electron chi connectivity index (χ0n) is 13.4. The monoisotopic (exact) mass is 351 g/mol. The minimum Gasteiger partial charge on any atom is -0.343 e. The van der Waals surface area contributed by atoms with Gasteiger partial charge in [-0.1, -0.05) is 11.3 Å². The Kier molecular flexibility index (Phi) is 4.61. The molecule has 1 fully saturated rings. The number of carbonyl (C=O) groups excluding carboxylic acids is 2. The summed E-state index contributed by atoms with van der Waals surface area (Å²) in [6, 6.07) is 3.23. The highest BCUT2D eigenvalue weighted by Crippen LogP contribution is 2.25. The van der Waals surface area contributed by atoms with E-state index in [0.717, 1.165) is 0 Å². The fourth-order valence-electron chi connectivity index (χ4n) is 2.75. The lowest BCUT2D eigenvalue weighted by Gasteiger charge is -2.23. The molecule has 2 aromatic rings. The van der Waals surface area contributed by atoms with Crippen LogP contribution in [0.25, 0.3) is 0 Å². The maximum atomic E-state index is 13.9. The third-order valence-corrected chi connectivity index (χ3v) is 4.78. The number of likely N-dealkylation sites (tertiary alicyclic amines) is 1. The molecule has 2 amide bonds. The molecule has 9 heteroatoms. The van der Waals surface area contributed by atoms with Gasteiger partial charge in [-0.05, 0) is 11.4 Å². The van der Waals surface area contributed by atoms with Crippen LogP contribution in [0.4, 0.5) is 4.39 Å². The van der Waals surface area contributed by atoms with E-state index in [4.69, 9.17) is 0 Å². The van der Waals surface area contributed by atoms with Crippen molar-refractivity contribution in [1.82, 2.24) is 24.8 Å². The van der Waals surface area contributed by atoms with E-state index in [1.807, 2.05) is 5.38 Å². The van der Waals surface area contributed by atoms with E-state index in [1.165, 1.54) is 27.1 Å². The average molecular weight is 351 g/mol. The fraction of sp³-hybridized carbons (Fsp3) is 0.467. The molecule has 0 aromatic carbocycles. The van der Waals surface area contributed by atoms with Crippen molar-refractivity contribution in [2.75, 3.05) is 20.6 Å². The molecule has 2 aromatic heterocycles. The van der Waals surface area contributed by atoms with Crippen molar-refractivity contribution >= 4 is 23.2 Å². The van der Waals surface area contributed by atoms with Crippen molar-refractivity contribution in [3.8, 4) is 0 Å². The summed E-state index contributed by atoms with van der Waals surface area (Å²) in [6.07, 6.45) is 0.737. The lowest BCUT2D eigenvalue weighted by molar-refractivity contribution is 0.0718. The Morgan fingerprint density at radius 3 is 2.92 bits per heavy atom. The Morgan fingerprint density at radius 2 is 2.25 bits per heavy atom. The van der Waals surface area contributed by atoms with E-state index in [1.54, 1.807) is 31.1 Å². The number of hydrogen-bond acceptors (Lipinski definition) is 5. The van der Waals surface area contributed by atoms with Crippen molar-refractivity contribution in [1.29, 1.82) is 0 Å². The van der Waals surface area contributed by atoms with E-state index in [0.29, 0.717) is 11.4 Å². The van der Waals surface area contributed by atoms with Gasteiger partial charge in [-0.2, -0.15) is 0 Å². The summed E-state index contributed by atoms with van der Waals surface area (Å²) in [5, 5.41) is 9.59. The molecule has 1 aliphatic heterocycles. The lowest BCUT2D eigenvalue weighted by atomic mass is 10.2. The molecule has 1 saturated heterocycles. The van der Waals surface area contributed by atoms with Gasteiger partial charge in [0, 0.05) is 20.5 Å². The Morgan fingerprint density at radius 1 is 1.46 bits per heavy atom. The highest BCUT2D eigenvalue weighted by molar-refractivity contribution is 7.12. The average Bonchev–Trinajstić information content (AvgIpc) is 3.27. The molecule has 0 bridgehead atoms. The van der Waals surface area contributed by atoms with E-state index < -0.39 is 6.17 Å². The van der Waals surface area contributed by atoms with Gasteiger partial charge >= 0.3 is 0 Å². The van der Waals surface area contributed by atoms with Crippen LogP contribution in [-0.2, 0) is 6.54 Å². The van der Waals surface area contributed by atoms with Gasteiger partial charge in [-0.15, -0.1) is 16.4 Å². The molecule has 0 unspecified atom stereocenters. The molecule has 24 heavy (non-hydrogen) atoms. The number of nitrogens with zero attached hydrogens (tertiary/aromatic N) is 5. The first-order chi connectivity index (χ1) is 11.5. The van der Waals surface area contributed by atoms with Gasteiger partial charge in [0.25, 0.3) is 11.8 Å². The van der Waals surface area contributed by atoms with Gasteiger partial charge in [0.2, 0.25) is 0 Å². The Hall–Kier alpha value is -2.29. The van der Waals surface area contributed by atoms with Crippen LogP contribution in [0, 0.1) is 0 Å². The summed E-state index contributed by atoms with van der Waals surface area (Å²) in [6.45, 7) is 0.394. The topological polar surface area (TPSA) is 71.3 Å². The summed E-state index contributed by atoms with van der Waals surface area (Å²) in [4.78, 5) is 27.9. The predicted molar refractivity (Wildman–Crippen MR) is 86.7 cm³/mol. The molecule has 3 rings (SSSR count). The van der Waals surface area contributed by atoms with Crippen LogP contribution in [0.1, 0.15) is 26.6 Å². The van der Waals surface area contributed by atoms with Crippen molar-refractivity contribution in [2.24, 2.45) is 0 Å². The number of halogens is 1. The molecule has 7 nitrogen and oxygen atoms in total. The summed E-state index contributed by atoms with van der Waals surface area (Å²) in [5.74, 6) is -0.414. The molecular formula is C15H18FN5O2S. The second-order valence-electron chi connectivity index (χ2n) is 5.95. The molecule has 0 N–H and O–H groups in total. The summed E-state index contributed by atoms with van der Waals surface area (Å²) < 4.78 is 15.4. The molecule has 0 spiro atoms. The molecular weight excluding hydrogens is 333 g/mol. The van der Waals surface area contributed by atoms with Crippen LogP contribution in [0.2, 0.25) is 0 Å². The number of rotatable bonds is 4. The van der Waals surface area contributed by atoms with Crippen molar-refractivity contribution < 1.29 is 14.0 Å². The van der Waals surface area contributed by atoms with E-state index >= 15 is 0 Å². The van der Waals surface area contributed by atoms with Crippen LogP contribution < -0.4 is 0 Å². The molecule has 2 atom stereocenters. The fourth-order valence-corrected chi connectivity index (χ4v) is 3.43.